The van der Waals surface area contributed by atoms with E-state index in [1.54, 1.807) is 0 Å². The number of fused-ring (bicyclic) bond motifs is 3. The molecule has 1 saturated heterocycles. The first-order valence-electron chi connectivity index (χ1n) is 16.5. The van der Waals surface area contributed by atoms with E-state index >= 15 is 8.78 Å². The van der Waals surface area contributed by atoms with Gasteiger partial charge in [-0.3, -0.25) is 4.90 Å². The molecule has 1 N–H and O–H groups in total. The number of carbonyl (C=O) groups is 1. The Balaban J connectivity index is 1.45. The van der Waals surface area contributed by atoms with Crippen molar-refractivity contribution in [2.24, 2.45) is 5.92 Å². The van der Waals surface area contributed by atoms with Crippen LogP contribution in [0.15, 0.2) is 24.3 Å². The third-order valence-electron chi connectivity index (χ3n) is 9.83. The van der Waals surface area contributed by atoms with Gasteiger partial charge in [0.1, 0.15) is 11.9 Å². The first kappa shape index (κ1) is 34.0. The molecule has 0 amide bonds. The number of rotatable bonds is 6. The molecule has 3 fully saturated rings. The van der Waals surface area contributed by atoms with Crippen LogP contribution in [-0.4, -0.2) is 34.7 Å². The first-order chi connectivity index (χ1) is 21.5. The van der Waals surface area contributed by atoms with Crippen LogP contribution >= 0.6 is 11.6 Å². The van der Waals surface area contributed by atoms with Crippen molar-refractivity contribution in [1.82, 2.24) is 4.90 Å². The van der Waals surface area contributed by atoms with Crippen LogP contribution in [0.2, 0.25) is 5.02 Å². The minimum absolute atomic E-state index is 0.0243. The molecule has 45 heavy (non-hydrogen) atoms. The van der Waals surface area contributed by atoms with Crippen LogP contribution in [0.5, 0.6) is 5.75 Å². The largest absolute Gasteiger partial charge is 0.487 e. The van der Waals surface area contributed by atoms with Gasteiger partial charge < -0.3 is 9.84 Å². The molecule has 1 heterocycles. The summed E-state index contributed by atoms with van der Waals surface area (Å²) in [4.78, 5) is 14.0. The third kappa shape index (κ3) is 9.12. The monoisotopic (exact) mass is 655 g/mol. The molecule has 5 rings (SSSR count). The number of hydrogen-bond acceptors (Lipinski definition) is 3. The lowest BCUT2D eigenvalue weighted by atomic mass is 9.92. The number of carboxylic acids is 1. The van der Waals surface area contributed by atoms with Crippen molar-refractivity contribution >= 4 is 17.6 Å². The van der Waals surface area contributed by atoms with Gasteiger partial charge in [-0.2, -0.15) is 13.2 Å². The fourth-order valence-corrected chi connectivity index (χ4v) is 7.45. The zero-order valence-corrected chi connectivity index (χ0v) is 26.4. The molecule has 4 nitrogen and oxygen atoms in total. The fourth-order valence-electron chi connectivity index (χ4n) is 7.24. The van der Waals surface area contributed by atoms with E-state index in [1.807, 2.05) is 0 Å². The van der Waals surface area contributed by atoms with Gasteiger partial charge >= 0.3 is 12.1 Å². The van der Waals surface area contributed by atoms with Crippen molar-refractivity contribution in [2.45, 2.75) is 127 Å². The smallest absolute Gasteiger partial charge is 0.416 e. The number of carboxylic acid groups (broad SMARTS) is 1. The van der Waals surface area contributed by atoms with E-state index < -0.39 is 46.2 Å². The second-order valence-corrected chi connectivity index (χ2v) is 13.7. The van der Waals surface area contributed by atoms with E-state index in [-0.39, 0.29) is 23.4 Å². The molecule has 2 aliphatic carbocycles. The summed E-state index contributed by atoms with van der Waals surface area (Å²) in [5, 5.41) is 8.92. The van der Waals surface area contributed by atoms with Crippen LogP contribution in [0.4, 0.5) is 22.0 Å². The minimum atomic E-state index is -4.70. The van der Waals surface area contributed by atoms with Crippen LogP contribution in [0.1, 0.15) is 129 Å². The van der Waals surface area contributed by atoms with Crippen LogP contribution in [-0.2, 0) is 12.7 Å². The van der Waals surface area contributed by atoms with Crippen LogP contribution in [0.3, 0.4) is 0 Å². The van der Waals surface area contributed by atoms with E-state index in [1.165, 1.54) is 31.4 Å². The van der Waals surface area contributed by atoms with Crippen LogP contribution < -0.4 is 4.74 Å². The number of benzene rings is 2. The molecule has 0 spiro atoms. The SMILES string of the molecule is O=C(O)c1cc(C2CC2)c(CN2CCCCCCCCCC[C@H]3CC[C@@H]2C[C@H](Oc2cc(C(F)(F)F)cc(Cl)c2F)C3)cc1F. The zero-order valence-electron chi connectivity index (χ0n) is 25.6. The summed E-state index contributed by atoms with van der Waals surface area (Å²) in [7, 11) is 0. The molecule has 2 aromatic rings. The summed E-state index contributed by atoms with van der Waals surface area (Å²) < 4.78 is 76.9. The molecule has 10 heteroatoms. The Labute approximate surface area is 267 Å². The highest BCUT2D eigenvalue weighted by atomic mass is 35.5. The fraction of sp³-hybridized carbons (Fsp3) is 0.629. The molecule has 0 unspecified atom stereocenters. The molecular formula is C35H43ClF5NO3. The van der Waals surface area contributed by atoms with E-state index in [0.717, 1.165) is 81.9 Å². The van der Waals surface area contributed by atoms with E-state index in [2.05, 4.69) is 4.90 Å². The van der Waals surface area contributed by atoms with Crippen molar-refractivity contribution in [3.63, 3.8) is 0 Å². The number of ether oxygens (including phenoxy) is 1. The molecule has 2 aromatic carbocycles. The Hall–Kier alpha value is -2.39. The normalized spacial score (nSPS) is 24.4. The molecular weight excluding hydrogens is 613 g/mol. The van der Waals surface area contributed by atoms with Crippen LogP contribution in [0, 0.1) is 17.6 Å². The van der Waals surface area contributed by atoms with E-state index in [0.29, 0.717) is 31.5 Å². The lowest BCUT2D eigenvalue weighted by molar-refractivity contribution is -0.137. The highest BCUT2D eigenvalue weighted by molar-refractivity contribution is 6.31. The Morgan fingerprint density at radius 3 is 2.24 bits per heavy atom. The highest BCUT2D eigenvalue weighted by Crippen LogP contribution is 2.44. The van der Waals surface area contributed by atoms with Crippen molar-refractivity contribution in [2.75, 3.05) is 6.54 Å². The molecule has 2 saturated carbocycles. The van der Waals surface area contributed by atoms with Crippen molar-refractivity contribution in [3.8, 4) is 5.75 Å². The van der Waals surface area contributed by atoms with Crippen molar-refractivity contribution in [1.29, 1.82) is 0 Å². The number of alkyl halides is 3. The Kier molecular flexibility index (Phi) is 11.3. The second kappa shape index (κ2) is 15.0. The summed E-state index contributed by atoms with van der Waals surface area (Å²) in [5.41, 5.74) is 0.294. The average molecular weight is 656 g/mol. The highest BCUT2D eigenvalue weighted by Gasteiger charge is 2.36. The first-order valence-corrected chi connectivity index (χ1v) is 16.9. The summed E-state index contributed by atoms with van der Waals surface area (Å²) in [6.07, 6.45) is 9.36. The Morgan fingerprint density at radius 2 is 1.58 bits per heavy atom. The second-order valence-electron chi connectivity index (χ2n) is 13.3. The summed E-state index contributed by atoms with van der Waals surface area (Å²) in [6, 6.07) is 4.13. The molecule has 0 aromatic heterocycles. The molecule has 0 radical (unpaired) electrons. The number of nitrogens with zero attached hydrogens (tertiary/aromatic N) is 1. The van der Waals surface area contributed by atoms with Gasteiger partial charge in [-0.1, -0.05) is 63.0 Å². The molecule has 3 atom stereocenters. The van der Waals surface area contributed by atoms with Gasteiger partial charge in [0.15, 0.2) is 11.6 Å². The van der Waals surface area contributed by atoms with Crippen molar-refractivity contribution in [3.05, 3.63) is 63.2 Å². The molecule has 248 valence electrons. The van der Waals surface area contributed by atoms with Gasteiger partial charge in [0.05, 0.1) is 16.1 Å². The number of aromatic carboxylic acids is 1. The number of hydrogen-bond donors (Lipinski definition) is 1. The molecule has 3 aliphatic rings. The molecule has 1 aliphatic heterocycles. The van der Waals surface area contributed by atoms with E-state index in [4.69, 9.17) is 16.3 Å². The Bertz CT molecular complexity index is 1330. The maximum absolute atomic E-state index is 15.1. The van der Waals surface area contributed by atoms with Crippen LogP contribution in [0.25, 0.3) is 0 Å². The Morgan fingerprint density at radius 1 is 0.889 bits per heavy atom. The lowest BCUT2D eigenvalue weighted by Gasteiger charge is -2.34. The zero-order chi connectivity index (χ0) is 32.1. The third-order valence-corrected chi connectivity index (χ3v) is 10.1. The lowest BCUT2D eigenvalue weighted by Crippen LogP contribution is -2.38. The van der Waals surface area contributed by atoms with E-state index in [9.17, 15) is 23.1 Å². The standard InChI is InChI=1S/C35H43ClF5NO3/c36-30-17-25(35(39,40)41)18-32(33(30)38)45-27-15-22-9-7-5-3-1-2-4-6-8-14-42(26(19-27)13-10-22)21-24-16-31(37)29(34(43)44)20-28(24)23-11-12-23/h16-18,20,22-23,26-27H,1-15,19,21H2,(H,43,44)/t22-,26+,27+/m0/s1. The maximum atomic E-state index is 15.1. The topological polar surface area (TPSA) is 49.8 Å². The van der Waals surface area contributed by atoms with Gasteiger partial charge in [-0.25, -0.2) is 13.6 Å². The summed E-state index contributed by atoms with van der Waals surface area (Å²) in [6.45, 7) is 1.19. The molecule has 2 bridgehead atoms. The van der Waals surface area contributed by atoms with Crippen molar-refractivity contribution < 1.29 is 36.6 Å². The van der Waals surface area contributed by atoms with Gasteiger partial charge in [0, 0.05) is 12.6 Å². The van der Waals surface area contributed by atoms with Gasteiger partial charge in [-0.15, -0.1) is 0 Å². The predicted octanol–water partition coefficient (Wildman–Crippen LogP) is 10.5. The predicted molar refractivity (Wildman–Crippen MR) is 164 cm³/mol. The van der Waals surface area contributed by atoms with Gasteiger partial charge in [0.2, 0.25) is 0 Å². The summed E-state index contributed by atoms with van der Waals surface area (Å²) in [5.74, 6) is -3.02. The van der Waals surface area contributed by atoms with Gasteiger partial charge in [0.25, 0.3) is 0 Å². The number of halogens is 6. The van der Waals surface area contributed by atoms with Gasteiger partial charge in [-0.05, 0) is 98.7 Å². The summed E-state index contributed by atoms with van der Waals surface area (Å²) >= 11 is 5.89. The quantitative estimate of drug-likeness (QED) is 0.315. The maximum Gasteiger partial charge on any atom is 0.416 e. The minimum Gasteiger partial charge on any atom is -0.487 e. The average Bonchev–Trinajstić information content (AvgIpc) is 3.83.